The van der Waals surface area contributed by atoms with E-state index in [-0.39, 0.29) is 18.2 Å². The average molecular weight is 340 g/mol. The van der Waals surface area contributed by atoms with Crippen LogP contribution in [0.2, 0.25) is 0 Å². The zero-order valence-electron chi connectivity index (χ0n) is 14.2. The van der Waals surface area contributed by atoms with Gasteiger partial charge >= 0.3 is 0 Å². The molecule has 0 bridgehead atoms. The SMILES string of the molecule is COc1ccc(NC(C)=O)cc1NC(=O)Cc1ccc2c(c1)CCO2. The molecular formula is C19H20N2O4. The summed E-state index contributed by atoms with van der Waals surface area (Å²) in [6.07, 6.45) is 1.12. The van der Waals surface area contributed by atoms with Crippen LogP contribution < -0.4 is 20.1 Å². The first-order chi connectivity index (χ1) is 12.0. The molecule has 0 fully saturated rings. The number of carbonyl (C=O) groups excluding carboxylic acids is 2. The van der Waals surface area contributed by atoms with Crippen molar-refractivity contribution in [2.24, 2.45) is 0 Å². The monoisotopic (exact) mass is 340 g/mol. The first-order valence-corrected chi connectivity index (χ1v) is 8.05. The van der Waals surface area contributed by atoms with Crippen LogP contribution in [0.1, 0.15) is 18.1 Å². The highest BCUT2D eigenvalue weighted by Gasteiger charge is 2.14. The molecule has 2 aromatic rings. The number of hydrogen-bond acceptors (Lipinski definition) is 4. The minimum Gasteiger partial charge on any atom is -0.495 e. The zero-order chi connectivity index (χ0) is 17.8. The number of nitrogens with one attached hydrogen (secondary N) is 2. The van der Waals surface area contributed by atoms with E-state index in [1.54, 1.807) is 18.2 Å². The van der Waals surface area contributed by atoms with E-state index in [9.17, 15) is 9.59 Å². The van der Waals surface area contributed by atoms with Gasteiger partial charge in [0.25, 0.3) is 0 Å². The van der Waals surface area contributed by atoms with Gasteiger partial charge in [0.05, 0.1) is 25.8 Å². The second kappa shape index (κ2) is 7.25. The van der Waals surface area contributed by atoms with E-state index in [1.165, 1.54) is 14.0 Å². The quantitative estimate of drug-likeness (QED) is 0.877. The maximum Gasteiger partial charge on any atom is 0.228 e. The van der Waals surface area contributed by atoms with Gasteiger partial charge in [-0.1, -0.05) is 12.1 Å². The lowest BCUT2D eigenvalue weighted by Crippen LogP contribution is -2.15. The molecule has 0 unspecified atom stereocenters. The first-order valence-electron chi connectivity index (χ1n) is 8.05. The highest BCUT2D eigenvalue weighted by atomic mass is 16.5. The van der Waals surface area contributed by atoms with Crippen molar-refractivity contribution >= 4 is 23.2 Å². The van der Waals surface area contributed by atoms with Crippen molar-refractivity contribution in [2.75, 3.05) is 24.4 Å². The van der Waals surface area contributed by atoms with Crippen molar-refractivity contribution in [1.29, 1.82) is 0 Å². The summed E-state index contributed by atoms with van der Waals surface area (Å²) in [4.78, 5) is 23.6. The van der Waals surface area contributed by atoms with Crippen LogP contribution in [0.3, 0.4) is 0 Å². The second-order valence-electron chi connectivity index (χ2n) is 5.86. The third-order valence-electron chi connectivity index (χ3n) is 3.91. The van der Waals surface area contributed by atoms with Gasteiger partial charge in [-0.3, -0.25) is 9.59 Å². The van der Waals surface area contributed by atoms with Crippen molar-refractivity contribution in [2.45, 2.75) is 19.8 Å². The minimum absolute atomic E-state index is 0.155. The Hall–Kier alpha value is -3.02. The van der Waals surface area contributed by atoms with Gasteiger partial charge in [0.15, 0.2) is 0 Å². The van der Waals surface area contributed by atoms with Crippen LogP contribution in [0.15, 0.2) is 36.4 Å². The summed E-state index contributed by atoms with van der Waals surface area (Å²) in [6, 6.07) is 10.9. The Bertz CT molecular complexity index is 817. The van der Waals surface area contributed by atoms with Crippen LogP contribution in [-0.2, 0) is 22.4 Å². The number of carbonyl (C=O) groups is 2. The highest BCUT2D eigenvalue weighted by molar-refractivity contribution is 5.95. The number of fused-ring (bicyclic) bond motifs is 1. The largest absolute Gasteiger partial charge is 0.495 e. The predicted octanol–water partition coefficient (Wildman–Crippen LogP) is 2.77. The van der Waals surface area contributed by atoms with E-state index in [1.807, 2.05) is 18.2 Å². The number of ether oxygens (including phenoxy) is 2. The van der Waals surface area contributed by atoms with Crippen LogP contribution in [0.4, 0.5) is 11.4 Å². The van der Waals surface area contributed by atoms with Crippen molar-refractivity contribution in [3.05, 3.63) is 47.5 Å². The van der Waals surface area contributed by atoms with Gasteiger partial charge in [-0.25, -0.2) is 0 Å². The molecule has 0 atom stereocenters. The summed E-state index contributed by atoms with van der Waals surface area (Å²) in [6.45, 7) is 2.12. The summed E-state index contributed by atoms with van der Waals surface area (Å²) in [5.74, 6) is 1.10. The van der Waals surface area contributed by atoms with Crippen LogP contribution in [-0.4, -0.2) is 25.5 Å². The van der Waals surface area contributed by atoms with Gasteiger partial charge in [-0.15, -0.1) is 0 Å². The molecule has 0 aromatic heterocycles. The van der Waals surface area contributed by atoms with Crippen LogP contribution >= 0.6 is 0 Å². The molecule has 1 aliphatic rings. The molecule has 0 saturated heterocycles. The average Bonchev–Trinajstić information content (AvgIpc) is 3.02. The minimum atomic E-state index is -0.178. The molecule has 6 nitrogen and oxygen atoms in total. The molecule has 0 radical (unpaired) electrons. The smallest absolute Gasteiger partial charge is 0.228 e. The maximum atomic E-state index is 12.4. The molecule has 2 aromatic carbocycles. The molecule has 1 heterocycles. The van der Waals surface area contributed by atoms with E-state index in [0.717, 1.165) is 23.3 Å². The highest BCUT2D eigenvalue weighted by Crippen LogP contribution is 2.29. The number of anilines is 2. The van der Waals surface area contributed by atoms with Crippen LogP contribution in [0, 0.1) is 0 Å². The number of hydrogen-bond donors (Lipinski definition) is 2. The summed E-state index contributed by atoms with van der Waals surface area (Å²) in [5, 5.41) is 5.53. The number of amides is 2. The van der Waals surface area contributed by atoms with E-state index in [2.05, 4.69) is 10.6 Å². The Kier molecular flexibility index (Phi) is 4.88. The molecular weight excluding hydrogens is 320 g/mol. The lowest BCUT2D eigenvalue weighted by atomic mass is 10.1. The van der Waals surface area contributed by atoms with E-state index in [0.29, 0.717) is 23.7 Å². The lowest BCUT2D eigenvalue weighted by Gasteiger charge is -2.12. The van der Waals surface area contributed by atoms with Gasteiger partial charge < -0.3 is 20.1 Å². The summed E-state index contributed by atoms with van der Waals surface area (Å²) in [7, 11) is 1.53. The van der Waals surface area contributed by atoms with Gasteiger partial charge in [0.2, 0.25) is 11.8 Å². The van der Waals surface area contributed by atoms with Crippen molar-refractivity contribution in [3.63, 3.8) is 0 Å². The molecule has 6 heteroatoms. The standard InChI is InChI=1S/C19H20N2O4/c1-12(22)20-15-4-6-18(24-2)16(11-15)21-19(23)10-13-3-5-17-14(9-13)7-8-25-17/h3-6,9,11H,7-8,10H2,1-2H3,(H,20,22)(H,21,23). The molecule has 1 aliphatic heterocycles. The molecule has 3 rings (SSSR count). The Morgan fingerprint density at radius 2 is 2.00 bits per heavy atom. The van der Waals surface area contributed by atoms with E-state index in [4.69, 9.17) is 9.47 Å². The molecule has 130 valence electrons. The Morgan fingerprint density at radius 1 is 1.16 bits per heavy atom. The summed E-state index contributed by atoms with van der Waals surface area (Å²) >= 11 is 0. The van der Waals surface area contributed by atoms with Gasteiger partial charge in [0.1, 0.15) is 11.5 Å². The van der Waals surface area contributed by atoms with Gasteiger partial charge in [-0.2, -0.15) is 0 Å². The van der Waals surface area contributed by atoms with Crippen molar-refractivity contribution in [3.8, 4) is 11.5 Å². The summed E-state index contributed by atoms with van der Waals surface area (Å²) in [5.41, 5.74) is 3.18. The van der Waals surface area contributed by atoms with Gasteiger partial charge in [-0.05, 0) is 35.4 Å². The lowest BCUT2D eigenvalue weighted by molar-refractivity contribution is -0.116. The van der Waals surface area contributed by atoms with Crippen LogP contribution in [0.5, 0.6) is 11.5 Å². The van der Waals surface area contributed by atoms with E-state index >= 15 is 0 Å². The fourth-order valence-corrected chi connectivity index (χ4v) is 2.82. The molecule has 0 aliphatic carbocycles. The Labute approximate surface area is 146 Å². The van der Waals surface area contributed by atoms with Crippen LogP contribution in [0.25, 0.3) is 0 Å². The zero-order valence-corrected chi connectivity index (χ0v) is 14.2. The van der Waals surface area contributed by atoms with Crippen molar-refractivity contribution < 1.29 is 19.1 Å². The Balaban J connectivity index is 1.72. The molecule has 25 heavy (non-hydrogen) atoms. The third-order valence-corrected chi connectivity index (χ3v) is 3.91. The molecule has 0 saturated carbocycles. The first kappa shape index (κ1) is 16.8. The predicted molar refractivity (Wildman–Crippen MR) is 95.3 cm³/mol. The fraction of sp³-hybridized carbons (Fsp3) is 0.263. The molecule has 0 spiro atoms. The fourth-order valence-electron chi connectivity index (χ4n) is 2.82. The number of rotatable bonds is 5. The number of benzene rings is 2. The third kappa shape index (κ3) is 4.09. The molecule has 2 N–H and O–H groups in total. The molecule has 2 amide bonds. The normalized spacial score (nSPS) is 12.1. The van der Waals surface area contributed by atoms with Gasteiger partial charge in [0, 0.05) is 19.0 Å². The topological polar surface area (TPSA) is 76.7 Å². The second-order valence-corrected chi connectivity index (χ2v) is 5.86. The van der Waals surface area contributed by atoms with E-state index < -0.39 is 0 Å². The Morgan fingerprint density at radius 3 is 2.76 bits per heavy atom. The summed E-state index contributed by atoms with van der Waals surface area (Å²) < 4.78 is 10.8. The van der Waals surface area contributed by atoms with Crippen molar-refractivity contribution in [1.82, 2.24) is 0 Å². The maximum absolute atomic E-state index is 12.4. The number of methoxy groups -OCH3 is 1.